The number of esters is 1. The predicted octanol–water partition coefficient (Wildman–Crippen LogP) is 2.72. The highest BCUT2D eigenvalue weighted by molar-refractivity contribution is 5.94. The third-order valence-electron chi connectivity index (χ3n) is 4.19. The van der Waals surface area contributed by atoms with E-state index in [0.29, 0.717) is 16.8 Å². The lowest BCUT2D eigenvalue weighted by Crippen LogP contribution is -2.24. The topological polar surface area (TPSA) is 99.3 Å². The number of hydrogen-bond donors (Lipinski definition) is 1. The first-order chi connectivity index (χ1) is 11.9. The molecule has 0 spiro atoms. The van der Waals surface area contributed by atoms with E-state index in [1.54, 1.807) is 43.9 Å². The first-order valence-electron chi connectivity index (χ1n) is 7.85. The molecule has 0 saturated heterocycles. The molecule has 8 nitrogen and oxygen atoms in total. The fourth-order valence-electron chi connectivity index (χ4n) is 3.08. The summed E-state index contributed by atoms with van der Waals surface area (Å²) in [5.74, 6) is -0.176. The maximum absolute atomic E-state index is 12.5. The van der Waals surface area contributed by atoms with Crippen LogP contribution < -0.4 is 5.32 Å². The Bertz CT molecular complexity index is 885. The van der Waals surface area contributed by atoms with Crippen molar-refractivity contribution in [2.75, 3.05) is 11.9 Å². The molecule has 1 aliphatic rings. The second-order valence-electron chi connectivity index (χ2n) is 5.74. The molecular formula is C17H18N4O4. The number of aromatic nitrogens is 2. The van der Waals surface area contributed by atoms with Crippen LogP contribution in [0.2, 0.25) is 0 Å². The quantitative estimate of drug-likeness (QED) is 0.521. The van der Waals surface area contributed by atoms with E-state index in [2.05, 4.69) is 10.4 Å². The first-order valence-corrected chi connectivity index (χ1v) is 7.85. The van der Waals surface area contributed by atoms with Crippen LogP contribution in [0.3, 0.4) is 0 Å². The van der Waals surface area contributed by atoms with Crippen LogP contribution in [0.4, 0.5) is 11.5 Å². The number of nitrogens with one attached hydrogen (secondary N) is 1. The molecule has 1 aromatic carbocycles. The van der Waals surface area contributed by atoms with Gasteiger partial charge in [-0.15, -0.1) is 0 Å². The summed E-state index contributed by atoms with van der Waals surface area (Å²) in [5.41, 5.74) is 2.47. The maximum Gasteiger partial charge on any atom is 0.336 e. The van der Waals surface area contributed by atoms with Gasteiger partial charge >= 0.3 is 5.97 Å². The van der Waals surface area contributed by atoms with Crippen molar-refractivity contribution in [2.24, 2.45) is 7.05 Å². The number of hydrogen-bond acceptors (Lipinski definition) is 6. The largest absolute Gasteiger partial charge is 0.463 e. The number of carbonyl (C=O) groups excluding carboxylic acids is 1. The number of ether oxygens (including phenoxy) is 1. The monoisotopic (exact) mass is 342 g/mol. The number of nitro benzene ring substituents is 1. The molecule has 0 radical (unpaired) electrons. The van der Waals surface area contributed by atoms with Crippen molar-refractivity contribution in [1.29, 1.82) is 0 Å². The Morgan fingerprint density at radius 1 is 1.48 bits per heavy atom. The summed E-state index contributed by atoms with van der Waals surface area (Å²) in [4.78, 5) is 23.2. The summed E-state index contributed by atoms with van der Waals surface area (Å²) in [7, 11) is 1.79. The lowest BCUT2D eigenvalue weighted by atomic mass is 9.82. The molecular weight excluding hydrogens is 324 g/mol. The number of rotatable bonds is 4. The number of aryl methyl sites for hydroxylation is 1. The Morgan fingerprint density at radius 2 is 2.24 bits per heavy atom. The van der Waals surface area contributed by atoms with Crippen LogP contribution in [0, 0.1) is 10.1 Å². The van der Waals surface area contributed by atoms with Gasteiger partial charge < -0.3 is 10.1 Å². The molecule has 2 aromatic rings. The predicted molar refractivity (Wildman–Crippen MR) is 91.1 cm³/mol. The zero-order valence-electron chi connectivity index (χ0n) is 14.1. The van der Waals surface area contributed by atoms with Crippen LogP contribution in [0.25, 0.3) is 0 Å². The van der Waals surface area contributed by atoms with Crippen LogP contribution in [0.1, 0.15) is 30.9 Å². The third kappa shape index (κ3) is 2.86. The number of fused-ring (bicyclic) bond motifs is 1. The Hall–Kier alpha value is -3.16. The molecule has 1 atom stereocenters. The standard InChI is InChI=1S/C17H18N4O4/c1-4-25-17(22)14-10(2)19-16-13(9-18-20(16)3)15(14)11-6-5-7-12(8-11)21(23)24/h5-9,15,19H,4H2,1-3H3. The SMILES string of the molecule is CCOC(=O)C1=C(C)Nc2c(cnn2C)C1c1cccc([N+](=O)[O-])c1. The van der Waals surface area contributed by atoms with E-state index in [1.807, 2.05) is 0 Å². The van der Waals surface area contributed by atoms with Crippen molar-refractivity contribution >= 4 is 17.5 Å². The van der Waals surface area contributed by atoms with Crippen LogP contribution in [0.5, 0.6) is 0 Å². The van der Waals surface area contributed by atoms with Gasteiger partial charge in [-0.05, 0) is 19.4 Å². The first kappa shape index (κ1) is 16.7. The number of benzene rings is 1. The minimum atomic E-state index is -0.483. The third-order valence-corrected chi connectivity index (χ3v) is 4.19. The van der Waals surface area contributed by atoms with E-state index in [1.165, 1.54) is 12.1 Å². The molecule has 2 heterocycles. The maximum atomic E-state index is 12.5. The molecule has 0 aliphatic carbocycles. The van der Waals surface area contributed by atoms with Gasteiger partial charge in [0.25, 0.3) is 5.69 Å². The zero-order valence-corrected chi connectivity index (χ0v) is 14.1. The van der Waals surface area contributed by atoms with E-state index in [4.69, 9.17) is 4.74 Å². The Balaban J connectivity index is 2.19. The molecule has 1 unspecified atom stereocenters. The molecule has 0 bridgehead atoms. The summed E-state index contributed by atoms with van der Waals surface area (Å²) >= 11 is 0. The normalized spacial score (nSPS) is 16.2. The van der Waals surface area contributed by atoms with E-state index >= 15 is 0 Å². The summed E-state index contributed by atoms with van der Waals surface area (Å²) < 4.78 is 6.88. The number of nitrogens with zero attached hydrogens (tertiary/aromatic N) is 3. The van der Waals surface area contributed by atoms with Gasteiger partial charge in [-0.2, -0.15) is 5.10 Å². The van der Waals surface area contributed by atoms with Crippen molar-refractivity contribution in [3.8, 4) is 0 Å². The molecule has 8 heteroatoms. The van der Waals surface area contributed by atoms with Crippen molar-refractivity contribution < 1.29 is 14.5 Å². The van der Waals surface area contributed by atoms with E-state index in [-0.39, 0.29) is 12.3 Å². The zero-order chi connectivity index (χ0) is 18.1. The second kappa shape index (κ2) is 6.39. The Kier molecular flexibility index (Phi) is 4.26. The number of nitro groups is 1. The van der Waals surface area contributed by atoms with Crippen molar-refractivity contribution in [3.05, 3.63) is 63.0 Å². The van der Waals surface area contributed by atoms with Gasteiger partial charge in [-0.3, -0.25) is 14.8 Å². The fraction of sp³-hybridized carbons (Fsp3) is 0.294. The van der Waals surface area contributed by atoms with Crippen LogP contribution >= 0.6 is 0 Å². The van der Waals surface area contributed by atoms with Gasteiger partial charge in [0.15, 0.2) is 0 Å². The molecule has 0 amide bonds. The van der Waals surface area contributed by atoms with Gasteiger partial charge in [-0.25, -0.2) is 4.79 Å². The highest BCUT2D eigenvalue weighted by atomic mass is 16.6. The molecule has 1 aliphatic heterocycles. The van der Waals surface area contributed by atoms with Crippen LogP contribution in [-0.2, 0) is 16.6 Å². The van der Waals surface area contributed by atoms with Crippen molar-refractivity contribution in [2.45, 2.75) is 19.8 Å². The molecule has 25 heavy (non-hydrogen) atoms. The molecule has 0 saturated carbocycles. The van der Waals surface area contributed by atoms with E-state index < -0.39 is 16.8 Å². The smallest absolute Gasteiger partial charge is 0.336 e. The Labute approximate surface area is 144 Å². The fourth-order valence-corrected chi connectivity index (χ4v) is 3.08. The number of anilines is 1. The average Bonchev–Trinajstić information content (AvgIpc) is 2.94. The number of carbonyl (C=O) groups is 1. The minimum absolute atomic E-state index is 0.0256. The van der Waals surface area contributed by atoms with Gasteiger partial charge in [0, 0.05) is 36.4 Å². The minimum Gasteiger partial charge on any atom is -0.463 e. The van der Waals surface area contributed by atoms with Gasteiger partial charge in [0.05, 0.1) is 23.3 Å². The summed E-state index contributed by atoms with van der Waals surface area (Å²) in [6, 6.07) is 6.30. The van der Waals surface area contributed by atoms with Crippen LogP contribution in [-0.4, -0.2) is 27.3 Å². The highest BCUT2D eigenvalue weighted by Gasteiger charge is 2.35. The highest BCUT2D eigenvalue weighted by Crippen LogP contribution is 2.42. The lowest BCUT2D eigenvalue weighted by Gasteiger charge is -2.27. The van der Waals surface area contributed by atoms with Gasteiger partial charge in [0.2, 0.25) is 0 Å². The van der Waals surface area contributed by atoms with Crippen LogP contribution in [0.15, 0.2) is 41.7 Å². The average molecular weight is 342 g/mol. The molecule has 1 aromatic heterocycles. The van der Waals surface area contributed by atoms with Crippen molar-refractivity contribution in [3.63, 3.8) is 0 Å². The van der Waals surface area contributed by atoms with E-state index in [0.717, 1.165) is 11.4 Å². The lowest BCUT2D eigenvalue weighted by molar-refractivity contribution is -0.384. The summed E-state index contributed by atoms with van der Waals surface area (Å²) in [6.07, 6.45) is 1.66. The molecule has 0 fully saturated rings. The Morgan fingerprint density at radius 3 is 2.92 bits per heavy atom. The summed E-state index contributed by atoms with van der Waals surface area (Å²) in [5, 5.41) is 18.6. The molecule has 130 valence electrons. The van der Waals surface area contributed by atoms with E-state index in [9.17, 15) is 14.9 Å². The molecule has 1 N–H and O–H groups in total. The summed E-state index contributed by atoms with van der Waals surface area (Å²) in [6.45, 7) is 3.77. The van der Waals surface area contributed by atoms with Gasteiger partial charge in [-0.1, -0.05) is 12.1 Å². The van der Waals surface area contributed by atoms with Gasteiger partial charge in [0.1, 0.15) is 5.82 Å². The second-order valence-corrected chi connectivity index (χ2v) is 5.74. The van der Waals surface area contributed by atoms with Crippen molar-refractivity contribution in [1.82, 2.24) is 9.78 Å². The number of non-ortho nitro benzene ring substituents is 1. The number of allylic oxidation sites excluding steroid dienone is 1. The molecule has 3 rings (SSSR count).